The van der Waals surface area contributed by atoms with Gasteiger partial charge in [-0.3, -0.25) is 19.2 Å². The van der Waals surface area contributed by atoms with Gasteiger partial charge in [0.1, 0.15) is 0 Å². The molecule has 0 spiro atoms. The van der Waals surface area contributed by atoms with Crippen molar-refractivity contribution in [1.29, 1.82) is 0 Å². The van der Waals surface area contributed by atoms with E-state index in [9.17, 15) is 19.2 Å². The smallest absolute Gasteiger partial charge is 0.251 e. The molecular formula is C62H74N6O4. The first-order valence-corrected chi connectivity index (χ1v) is 26.3. The van der Waals surface area contributed by atoms with Gasteiger partial charge in [0, 0.05) is 47.4 Å². The standard InChI is InChI=1S/2C31H37N3O2/c1-2-20-34(27-17-18-28-26(22-27)11-8-12-29(28)30(32)35)21-7-6-19-33-31(36)25-15-13-24(14-16-25)23-9-4-3-5-10-23;1-2-19-34(29-17-16-25-12-15-27(30(32)35)21-28(25)22-29)20-7-6-18-33-31(36)26-13-10-24(11-14-26)23-8-4-3-5-9-23/h3-5,8-16,27H,2,6-7,17-22H2,1H3,(H2,32,35)(H,33,36);3-5,8-15,21,29H,2,6-7,16-20,22H2,1H3,(H2,32,35)(H,33,36)/t27-;29-/m01/s1. The third kappa shape index (κ3) is 14.8. The van der Waals surface area contributed by atoms with E-state index in [-0.39, 0.29) is 23.6 Å². The molecule has 376 valence electrons. The van der Waals surface area contributed by atoms with Crippen LogP contribution in [0.5, 0.6) is 0 Å². The SMILES string of the molecule is CCCN(CCCCNC(=O)c1ccc(-c2ccccc2)cc1)[C@@H]1CCc2ccc(C(N)=O)cc2C1.CCCN(CCCCNC(=O)c1ccc(-c2ccccc2)cc1)[C@H]1CCc2c(cccc2C(N)=O)C1. The highest BCUT2D eigenvalue weighted by atomic mass is 16.2. The molecule has 10 heteroatoms. The van der Waals surface area contributed by atoms with Gasteiger partial charge in [0.05, 0.1) is 0 Å². The molecule has 0 bridgehead atoms. The lowest BCUT2D eigenvalue weighted by atomic mass is 9.84. The first-order chi connectivity index (χ1) is 35.1. The van der Waals surface area contributed by atoms with Gasteiger partial charge < -0.3 is 31.9 Å². The van der Waals surface area contributed by atoms with Crippen LogP contribution in [-0.2, 0) is 25.7 Å². The van der Waals surface area contributed by atoms with Crippen molar-refractivity contribution in [3.05, 3.63) is 190 Å². The monoisotopic (exact) mass is 967 g/mol. The Morgan fingerprint density at radius 2 is 0.944 bits per heavy atom. The van der Waals surface area contributed by atoms with Crippen molar-refractivity contribution in [2.75, 3.05) is 39.3 Å². The summed E-state index contributed by atoms with van der Waals surface area (Å²) in [5.41, 5.74) is 23.3. The molecule has 10 nitrogen and oxygen atoms in total. The van der Waals surface area contributed by atoms with Gasteiger partial charge in [-0.2, -0.15) is 0 Å². The number of unbranched alkanes of at least 4 members (excludes halogenated alkanes) is 2. The minimum atomic E-state index is -0.362. The van der Waals surface area contributed by atoms with Crippen LogP contribution in [0.25, 0.3) is 22.3 Å². The van der Waals surface area contributed by atoms with Crippen molar-refractivity contribution in [2.24, 2.45) is 11.5 Å². The molecule has 0 saturated carbocycles. The van der Waals surface area contributed by atoms with Gasteiger partial charge in [-0.05, 0) is 190 Å². The average molecular weight is 967 g/mol. The first kappa shape index (κ1) is 52.9. The number of primary amides is 2. The van der Waals surface area contributed by atoms with Gasteiger partial charge in [0.25, 0.3) is 11.8 Å². The number of fused-ring (bicyclic) bond motifs is 2. The van der Waals surface area contributed by atoms with E-state index in [0.29, 0.717) is 47.4 Å². The lowest BCUT2D eigenvalue weighted by molar-refractivity contribution is 0.0943. The third-order valence-electron chi connectivity index (χ3n) is 14.3. The highest BCUT2D eigenvalue weighted by molar-refractivity contribution is 5.96. The second-order valence-corrected chi connectivity index (χ2v) is 19.3. The Morgan fingerprint density at radius 3 is 1.43 bits per heavy atom. The molecule has 0 fully saturated rings. The van der Waals surface area contributed by atoms with Crippen LogP contribution in [0.2, 0.25) is 0 Å². The molecule has 0 aliphatic heterocycles. The van der Waals surface area contributed by atoms with Gasteiger partial charge in [0.2, 0.25) is 11.8 Å². The molecule has 72 heavy (non-hydrogen) atoms. The molecule has 6 aromatic rings. The Hall–Kier alpha value is -6.88. The number of benzene rings is 6. The highest BCUT2D eigenvalue weighted by Gasteiger charge is 2.27. The number of aryl methyl sites for hydroxylation is 1. The molecule has 4 amide bonds. The molecule has 6 aromatic carbocycles. The number of hydrogen-bond acceptors (Lipinski definition) is 6. The maximum Gasteiger partial charge on any atom is 0.251 e. The van der Waals surface area contributed by atoms with Crippen molar-refractivity contribution in [3.8, 4) is 22.3 Å². The Kier molecular flexibility index (Phi) is 19.9. The summed E-state index contributed by atoms with van der Waals surface area (Å²) in [6.45, 7) is 9.96. The molecule has 6 N–H and O–H groups in total. The summed E-state index contributed by atoms with van der Waals surface area (Å²) in [5.74, 6) is -0.729. The summed E-state index contributed by atoms with van der Waals surface area (Å²) in [7, 11) is 0. The zero-order valence-corrected chi connectivity index (χ0v) is 42.4. The highest BCUT2D eigenvalue weighted by Crippen LogP contribution is 2.29. The summed E-state index contributed by atoms with van der Waals surface area (Å²) >= 11 is 0. The lowest BCUT2D eigenvalue weighted by Crippen LogP contribution is -2.41. The summed E-state index contributed by atoms with van der Waals surface area (Å²) in [6, 6.07) is 48.7. The van der Waals surface area contributed by atoms with Crippen molar-refractivity contribution in [1.82, 2.24) is 20.4 Å². The fourth-order valence-corrected chi connectivity index (χ4v) is 10.4. The zero-order valence-electron chi connectivity index (χ0n) is 42.4. The minimum absolute atomic E-state index is 0.0193. The van der Waals surface area contributed by atoms with Crippen LogP contribution < -0.4 is 22.1 Å². The Balaban J connectivity index is 0.000000211. The van der Waals surface area contributed by atoms with E-state index in [0.717, 1.165) is 131 Å². The fraction of sp³-hybridized carbons (Fsp3) is 0.355. The van der Waals surface area contributed by atoms with E-state index in [1.54, 1.807) is 0 Å². The third-order valence-corrected chi connectivity index (χ3v) is 14.3. The predicted octanol–water partition coefficient (Wildman–Crippen LogP) is 10.5. The predicted molar refractivity (Wildman–Crippen MR) is 292 cm³/mol. The second kappa shape index (κ2) is 27.1. The number of nitrogens with two attached hydrogens (primary N) is 2. The summed E-state index contributed by atoms with van der Waals surface area (Å²) in [5, 5.41) is 6.14. The van der Waals surface area contributed by atoms with Crippen molar-refractivity contribution in [3.63, 3.8) is 0 Å². The van der Waals surface area contributed by atoms with E-state index in [4.69, 9.17) is 11.5 Å². The van der Waals surface area contributed by atoms with Gasteiger partial charge in [-0.25, -0.2) is 0 Å². The minimum Gasteiger partial charge on any atom is -0.366 e. The van der Waals surface area contributed by atoms with Crippen molar-refractivity contribution < 1.29 is 19.2 Å². The molecule has 8 rings (SSSR count). The van der Waals surface area contributed by atoms with Crippen LogP contribution in [-0.4, -0.2) is 84.8 Å². The van der Waals surface area contributed by atoms with Crippen LogP contribution in [0.15, 0.2) is 146 Å². The Bertz CT molecular complexity index is 2570. The summed E-state index contributed by atoms with van der Waals surface area (Å²) in [4.78, 5) is 53.7. The molecular weight excluding hydrogens is 893 g/mol. The second-order valence-electron chi connectivity index (χ2n) is 19.3. The van der Waals surface area contributed by atoms with Crippen molar-refractivity contribution in [2.45, 2.75) is 103 Å². The normalized spacial score (nSPS) is 14.9. The van der Waals surface area contributed by atoms with Crippen LogP contribution in [0.3, 0.4) is 0 Å². The Morgan fingerprint density at radius 1 is 0.472 bits per heavy atom. The zero-order chi connectivity index (χ0) is 50.7. The lowest BCUT2D eigenvalue weighted by Gasteiger charge is -2.35. The maximum atomic E-state index is 12.6. The first-order valence-electron chi connectivity index (χ1n) is 26.3. The number of amides is 4. The average Bonchev–Trinajstić information content (AvgIpc) is 3.42. The number of carbonyl (C=O) groups excluding carboxylic acids is 4. The molecule has 0 radical (unpaired) electrons. The van der Waals surface area contributed by atoms with Crippen LogP contribution in [0, 0.1) is 0 Å². The molecule has 0 aromatic heterocycles. The van der Waals surface area contributed by atoms with Crippen molar-refractivity contribution >= 4 is 23.6 Å². The maximum absolute atomic E-state index is 12.6. The molecule has 2 aliphatic carbocycles. The number of carbonyl (C=O) groups is 4. The number of nitrogens with zero attached hydrogens (tertiary/aromatic N) is 2. The van der Waals surface area contributed by atoms with Crippen LogP contribution in [0.1, 0.15) is 129 Å². The largest absolute Gasteiger partial charge is 0.366 e. The van der Waals surface area contributed by atoms with Gasteiger partial charge in [0.15, 0.2) is 0 Å². The molecule has 2 aliphatic rings. The van der Waals surface area contributed by atoms with Crippen LogP contribution in [0.4, 0.5) is 0 Å². The van der Waals surface area contributed by atoms with E-state index < -0.39 is 0 Å². The van der Waals surface area contributed by atoms with E-state index in [2.05, 4.69) is 70.7 Å². The van der Waals surface area contributed by atoms with Gasteiger partial charge in [-0.1, -0.05) is 117 Å². The van der Waals surface area contributed by atoms with E-state index >= 15 is 0 Å². The summed E-state index contributed by atoms with van der Waals surface area (Å²) < 4.78 is 0. The summed E-state index contributed by atoms with van der Waals surface area (Å²) in [6.07, 6.45) is 12.3. The van der Waals surface area contributed by atoms with Gasteiger partial charge in [-0.15, -0.1) is 0 Å². The Labute approximate surface area is 427 Å². The van der Waals surface area contributed by atoms with E-state index in [1.807, 2.05) is 109 Å². The number of rotatable bonds is 22. The van der Waals surface area contributed by atoms with E-state index in [1.165, 1.54) is 16.7 Å². The number of nitrogens with one attached hydrogen (secondary N) is 2. The number of hydrogen-bond donors (Lipinski definition) is 4. The fourth-order valence-electron chi connectivity index (χ4n) is 10.4. The molecule has 2 atom stereocenters. The molecule has 0 unspecified atom stereocenters. The molecule has 0 heterocycles. The molecule has 0 saturated heterocycles. The van der Waals surface area contributed by atoms with Crippen LogP contribution >= 0.6 is 0 Å². The topological polar surface area (TPSA) is 151 Å². The van der Waals surface area contributed by atoms with Gasteiger partial charge >= 0.3 is 0 Å². The quantitative estimate of drug-likeness (QED) is 0.0498.